The lowest BCUT2D eigenvalue weighted by molar-refractivity contribution is 0.439. The van der Waals surface area contributed by atoms with E-state index in [4.69, 9.17) is 10.5 Å². The van der Waals surface area contributed by atoms with Gasteiger partial charge in [0.1, 0.15) is 5.75 Å². The van der Waals surface area contributed by atoms with E-state index in [2.05, 4.69) is 15.9 Å². The van der Waals surface area contributed by atoms with Gasteiger partial charge in [0.25, 0.3) is 0 Å². The van der Waals surface area contributed by atoms with Crippen molar-refractivity contribution in [2.24, 2.45) is 5.73 Å². The SMILES string of the molecule is Cc1cccc(Oc2ccc(CN)c(Br)c2)c1F. The molecule has 2 aromatic rings. The lowest BCUT2D eigenvalue weighted by Crippen LogP contribution is -1.97. The lowest BCUT2D eigenvalue weighted by atomic mass is 10.2. The fraction of sp³-hybridized carbons (Fsp3) is 0.143. The predicted molar refractivity (Wildman–Crippen MR) is 73.2 cm³/mol. The third-order valence-electron chi connectivity index (χ3n) is 2.63. The van der Waals surface area contributed by atoms with Crippen molar-refractivity contribution in [1.29, 1.82) is 0 Å². The Morgan fingerprint density at radius 3 is 2.72 bits per heavy atom. The molecule has 0 atom stereocenters. The van der Waals surface area contributed by atoms with Crippen LogP contribution >= 0.6 is 15.9 Å². The molecule has 18 heavy (non-hydrogen) atoms. The maximum absolute atomic E-state index is 13.8. The summed E-state index contributed by atoms with van der Waals surface area (Å²) in [4.78, 5) is 0. The topological polar surface area (TPSA) is 35.2 Å². The molecule has 0 bridgehead atoms. The molecule has 2 nitrogen and oxygen atoms in total. The van der Waals surface area contributed by atoms with Gasteiger partial charge in [-0.15, -0.1) is 0 Å². The molecule has 0 amide bonds. The van der Waals surface area contributed by atoms with Crippen LogP contribution in [-0.2, 0) is 6.54 Å². The Balaban J connectivity index is 2.29. The highest BCUT2D eigenvalue weighted by atomic mass is 79.9. The summed E-state index contributed by atoms with van der Waals surface area (Å²) in [5, 5.41) is 0. The van der Waals surface area contributed by atoms with E-state index in [1.165, 1.54) is 0 Å². The number of ether oxygens (including phenoxy) is 1. The molecule has 2 N–H and O–H groups in total. The molecule has 2 aromatic carbocycles. The summed E-state index contributed by atoms with van der Waals surface area (Å²) in [5.74, 6) is 0.461. The van der Waals surface area contributed by atoms with Crippen LogP contribution in [0, 0.1) is 12.7 Å². The Morgan fingerprint density at radius 1 is 1.28 bits per heavy atom. The van der Waals surface area contributed by atoms with Gasteiger partial charge in [0.05, 0.1) is 0 Å². The van der Waals surface area contributed by atoms with Gasteiger partial charge in [-0.1, -0.05) is 34.1 Å². The Kier molecular flexibility index (Phi) is 3.99. The Morgan fingerprint density at radius 2 is 2.06 bits per heavy atom. The summed E-state index contributed by atoms with van der Waals surface area (Å²) in [7, 11) is 0. The number of hydrogen-bond donors (Lipinski definition) is 1. The van der Waals surface area contributed by atoms with Gasteiger partial charge in [-0.3, -0.25) is 0 Å². The van der Waals surface area contributed by atoms with Crippen LogP contribution in [0.1, 0.15) is 11.1 Å². The van der Waals surface area contributed by atoms with Crippen LogP contribution in [0.15, 0.2) is 40.9 Å². The van der Waals surface area contributed by atoms with Gasteiger partial charge in [0.15, 0.2) is 11.6 Å². The van der Waals surface area contributed by atoms with E-state index < -0.39 is 0 Å². The summed E-state index contributed by atoms with van der Waals surface area (Å²) in [6.07, 6.45) is 0. The van der Waals surface area contributed by atoms with E-state index in [9.17, 15) is 4.39 Å². The van der Waals surface area contributed by atoms with E-state index in [1.807, 2.05) is 6.07 Å². The molecule has 0 saturated heterocycles. The van der Waals surface area contributed by atoms with E-state index in [1.54, 1.807) is 37.3 Å². The van der Waals surface area contributed by atoms with Crippen molar-refractivity contribution in [3.05, 3.63) is 57.8 Å². The van der Waals surface area contributed by atoms with Crippen LogP contribution < -0.4 is 10.5 Å². The maximum Gasteiger partial charge on any atom is 0.168 e. The molecule has 0 aliphatic carbocycles. The third kappa shape index (κ3) is 2.71. The molecule has 94 valence electrons. The summed E-state index contributed by atoms with van der Waals surface area (Å²) in [6.45, 7) is 2.15. The number of halogens is 2. The van der Waals surface area contributed by atoms with Gasteiger partial charge in [-0.25, -0.2) is 4.39 Å². The molecule has 0 unspecified atom stereocenters. The first-order valence-corrected chi connectivity index (χ1v) is 6.32. The summed E-state index contributed by atoms with van der Waals surface area (Å²) >= 11 is 3.40. The summed E-state index contributed by atoms with van der Waals surface area (Å²) in [6, 6.07) is 10.5. The Labute approximate surface area is 114 Å². The van der Waals surface area contributed by atoms with Crippen molar-refractivity contribution in [3.63, 3.8) is 0 Å². The van der Waals surface area contributed by atoms with Crippen LogP contribution in [-0.4, -0.2) is 0 Å². The minimum atomic E-state index is -0.337. The fourth-order valence-electron chi connectivity index (χ4n) is 1.58. The Bertz CT molecular complexity index is 572. The van der Waals surface area contributed by atoms with Gasteiger partial charge < -0.3 is 10.5 Å². The van der Waals surface area contributed by atoms with Crippen LogP contribution in [0.2, 0.25) is 0 Å². The van der Waals surface area contributed by atoms with Crippen LogP contribution in [0.3, 0.4) is 0 Å². The molecule has 0 spiro atoms. The number of aryl methyl sites for hydroxylation is 1. The average Bonchev–Trinajstić information content (AvgIpc) is 2.35. The Hall–Kier alpha value is -1.39. The van der Waals surface area contributed by atoms with E-state index in [-0.39, 0.29) is 11.6 Å². The number of nitrogens with two attached hydrogens (primary N) is 1. The molecule has 0 radical (unpaired) electrons. The molecule has 0 aliphatic rings. The first-order chi connectivity index (χ1) is 8.61. The van der Waals surface area contributed by atoms with Gasteiger partial charge in [0, 0.05) is 11.0 Å². The minimum absolute atomic E-state index is 0.224. The van der Waals surface area contributed by atoms with Gasteiger partial charge in [-0.05, 0) is 36.2 Å². The van der Waals surface area contributed by atoms with Crippen molar-refractivity contribution in [2.45, 2.75) is 13.5 Å². The standard InChI is InChI=1S/C14H13BrFNO/c1-9-3-2-4-13(14(9)16)18-11-6-5-10(8-17)12(15)7-11/h2-7H,8,17H2,1H3. The van der Waals surface area contributed by atoms with Crippen molar-refractivity contribution >= 4 is 15.9 Å². The van der Waals surface area contributed by atoms with Gasteiger partial charge in [0.2, 0.25) is 0 Å². The van der Waals surface area contributed by atoms with Crippen molar-refractivity contribution in [2.75, 3.05) is 0 Å². The molecular formula is C14H13BrFNO. The van der Waals surface area contributed by atoms with E-state index in [0.717, 1.165) is 10.0 Å². The van der Waals surface area contributed by atoms with Crippen LogP contribution in [0.4, 0.5) is 4.39 Å². The second-order valence-corrected chi connectivity index (χ2v) is 4.80. The predicted octanol–water partition coefficient (Wildman–Crippen LogP) is 4.15. The summed E-state index contributed by atoms with van der Waals surface area (Å²) < 4.78 is 20.2. The second-order valence-electron chi connectivity index (χ2n) is 3.95. The van der Waals surface area contributed by atoms with Crippen molar-refractivity contribution in [3.8, 4) is 11.5 Å². The number of hydrogen-bond acceptors (Lipinski definition) is 2. The normalized spacial score (nSPS) is 10.4. The quantitative estimate of drug-likeness (QED) is 0.924. The molecule has 4 heteroatoms. The molecular weight excluding hydrogens is 297 g/mol. The highest BCUT2D eigenvalue weighted by Crippen LogP contribution is 2.29. The lowest BCUT2D eigenvalue weighted by Gasteiger charge is -2.09. The smallest absolute Gasteiger partial charge is 0.168 e. The monoisotopic (exact) mass is 309 g/mol. The second kappa shape index (κ2) is 5.50. The summed E-state index contributed by atoms with van der Waals surface area (Å²) in [5.41, 5.74) is 7.11. The van der Waals surface area contributed by atoms with Gasteiger partial charge >= 0.3 is 0 Å². The van der Waals surface area contributed by atoms with Gasteiger partial charge in [-0.2, -0.15) is 0 Å². The fourth-order valence-corrected chi connectivity index (χ4v) is 2.10. The maximum atomic E-state index is 13.8. The first-order valence-electron chi connectivity index (χ1n) is 5.53. The molecule has 0 aliphatic heterocycles. The van der Waals surface area contributed by atoms with Crippen molar-refractivity contribution in [1.82, 2.24) is 0 Å². The highest BCUT2D eigenvalue weighted by Gasteiger charge is 2.08. The van der Waals surface area contributed by atoms with E-state index in [0.29, 0.717) is 17.9 Å². The molecule has 2 rings (SSSR count). The van der Waals surface area contributed by atoms with Crippen molar-refractivity contribution < 1.29 is 9.13 Å². The largest absolute Gasteiger partial charge is 0.454 e. The number of benzene rings is 2. The first kappa shape index (κ1) is 13.1. The molecule has 0 heterocycles. The van der Waals surface area contributed by atoms with E-state index >= 15 is 0 Å². The zero-order valence-corrected chi connectivity index (χ0v) is 11.5. The van der Waals surface area contributed by atoms with Crippen LogP contribution in [0.5, 0.6) is 11.5 Å². The third-order valence-corrected chi connectivity index (χ3v) is 3.37. The molecule has 0 saturated carbocycles. The van der Waals surface area contributed by atoms with Crippen LogP contribution in [0.25, 0.3) is 0 Å². The molecule has 0 aromatic heterocycles. The minimum Gasteiger partial charge on any atom is -0.454 e. The zero-order valence-electron chi connectivity index (χ0n) is 9.91. The average molecular weight is 310 g/mol. The zero-order chi connectivity index (χ0) is 13.1. The molecule has 0 fully saturated rings. The highest BCUT2D eigenvalue weighted by molar-refractivity contribution is 9.10. The number of rotatable bonds is 3.